The Labute approximate surface area is 265 Å². The number of allylic oxidation sites excluding steroid dienone is 11. The number of hydrogen-bond acceptors (Lipinski definition) is 8. The van der Waals surface area contributed by atoms with Crippen LogP contribution in [0.2, 0.25) is 0 Å². The van der Waals surface area contributed by atoms with Gasteiger partial charge in [-0.05, 0) is 75.0 Å². The second kappa shape index (κ2) is 11.2. The fraction of sp³-hybridized carbons (Fsp3) is 0.429. The maximum Gasteiger partial charge on any atom is 0.420 e. The molecule has 1 saturated heterocycles. The first-order chi connectivity index (χ1) is 21.7. The number of fused-ring (bicyclic) bond motifs is 5. The predicted octanol–water partition coefficient (Wildman–Crippen LogP) is 6.92. The number of halogens is 3. The van der Waals surface area contributed by atoms with E-state index in [4.69, 9.17) is 9.73 Å². The van der Waals surface area contributed by atoms with Gasteiger partial charge in [0, 0.05) is 52.8 Å². The largest absolute Gasteiger partial charge is 0.511 e. The number of carbonyl (C=O) groups is 1. The molecule has 0 aromatic rings. The molecule has 3 atom stereocenters. The van der Waals surface area contributed by atoms with Gasteiger partial charge in [0.1, 0.15) is 11.3 Å². The molecule has 8 bridgehead atoms. The van der Waals surface area contributed by atoms with Crippen molar-refractivity contribution in [2.45, 2.75) is 79.5 Å². The molecule has 242 valence electrons. The zero-order chi connectivity index (χ0) is 33.4. The van der Waals surface area contributed by atoms with Gasteiger partial charge in [-0.25, -0.2) is 15.0 Å². The van der Waals surface area contributed by atoms with Crippen LogP contribution in [-0.4, -0.2) is 52.7 Å². The van der Waals surface area contributed by atoms with Crippen molar-refractivity contribution >= 4 is 23.1 Å². The minimum atomic E-state index is -4.81. The normalized spacial score (nSPS) is 25.0. The third kappa shape index (κ3) is 4.87. The minimum absolute atomic E-state index is 0.0499. The number of esters is 1. The average Bonchev–Trinajstić information content (AvgIpc) is 3.73. The maximum atomic E-state index is 15.2. The molecule has 0 amide bonds. The minimum Gasteiger partial charge on any atom is -0.511 e. The molecular weight excluding hydrogens is 597 g/mol. The molecule has 1 unspecified atom stereocenters. The molecule has 1 fully saturated rings. The van der Waals surface area contributed by atoms with Gasteiger partial charge in [0.25, 0.3) is 0 Å². The molecule has 6 aliphatic rings. The number of aliphatic hydroxyl groups excluding tert-OH is 2. The van der Waals surface area contributed by atoms with E-state index in [1.165, 1.54) is 7.11 Å². The van der Waals surface area contributed by atoms with Crippen LogP contribution >= 0.6 is 0 Å². The lowest BCUT2D eigenvalue weighted by Crippen LogP contribution is -2.17. The van der Waals surface area contributed by atoms with E-state index < -0.39 is 17.9 Å². The zero-order valence-electron chi connectivity index (χ0n) is 26.9. The Bertz CT molecular complexity index is 1840. The Balaban J connectivity index is 1.69. The molecule has 0 aromatic heterocycles. The first-order valence-corrected chi connectivity index (χ1v) is 15.5. The Kier molecular flexibility index (Phi) is 7.74. The van der Waals surface area contributed by atoms with Crippen molar-refractivity contribution in [1.82, 2.24) is 5.32 Å². The molecule has 8 nitrogen and oxygen atoms in total. The summed E-state index contributed by atoms with van der Waals surface area (Å²) in [5.74, 6) is -0.812. The number of aliphatic imine (C=N–C) groups is 3. The van der Waals surface area contributed by atoms with E-state index in [0.29, 0.717) is 69.2 Å². The van der Waals surface area contributed by atoms with Crippen LogP contribution < -0.4 is 5.32 Å². The number of nitrogens with zero attached hydrogens (tertiary/aromatic N) is 3. The van der Waals surface area contributed by atoms with E-state index in [1.807, 2.05) is 19.9 Å². The molecular formula is C35H37F3N4O4. The number of ether oxygens (including phenoxy) is 1. The van der Waals surface area contributed by atoms with Gasteiger partial charge in [0.2, 0.25) is 0 Å². The van der Waals surface area contributed by atoms with E-state index in [1.54, 1.807) is 33.8 Å². The van der Waals surface area contributed by atoms with Crippen molar-refractivity contribution in [3.63, 3.8) is 0 Å². The first-order valence-electron chi connectivity index (χ1n) is 15.5. The van der Waals surface area contributed by atoms with E-state index in [9.17, 15) is 15.0 Å². The summed E-state index contributed by atoms with van der Waals surface area (Å²) in [5.41, 5.74) is 5.22. The van der Waals surface area contributed by atoms with Crippen LogP contribution in [0.15, 0.2) is 106 Å². The molecule has 3 N–H and O–H groups in total. The number of methoxy groups -OCH3 is 1. The lowest BCUT2D eigenvalue weighted by molar-refractivity contribution is -0.140. The second-order valence-corrected chi connectivity index (χ2v) is 12.5. The molecule has 1 aliphatic carbocycles. The predicted molar refractivity (Wildman–Crippen MR) is 170 cm³/mol. The third-order valence-electron chi connectivity index (χ3n) is 9.82. The molecule has 46 heavy (non-hydrogen) atoms. The Hall–Kier alpha value is -4.25. The van der Waals surface area contributed by atoms with E-state index in [0.717, 1.165) is 11.3 Å². The van der Waals surface area contributed by atoms with Crippen LogP contribution in [0, 0.1) is 11.8 Å². The fourth-order valence-electron chi connectivity index (χ4n) is 7.41. The summed E-state index contributed by atoms with van der Waals surface area (Å²) < 4.78 is 50.4. The van der Waals surface area contributed by atoms with E-state index >= 15 is 13.2 Å². The number of rotatable bonds is 5. The molecule has 5 aliphatic heterocycles. The lowest BCUT2D eigenvalue weighted by Gasteiger charge is -2.18. The summed E-state index contributed by atoms with van der Waals surface area (Å²) in [6, 6.07) is 0. The van der Waals surface area contributed by atoms with Gasteiger partial charge >= 0.3 is 12.1 Å². The number of aliphatic hydroxyl groups is 2. The van der Waals surface area contributed by atoms with Crippen molar-refractivity contribution < 1.29 is 32.9 Å². The molecule has 0 aromatic carbocycles. The summed E-state index contributed by atoms with van der Waals surface area (Å²) in [6.45, 7) is 10.6. The fourth-order valence-corrected chi connectivity index (χ4v) is 7.41. The average molecular weight is 635 g/mol. The number of hydrogen-bond donors (Lipinski definition) is 3. The van der Waals surface area contributed by atoms with Gasteiger partial charge in [-0.1, -0.05) is 13.8 Å². The Morgan fingerprint density at radius 2 is 1.78 bits per heavy atom. The van der Waals surface area contributed by atoms with Crippen molar-refractivity contribution in [3.05, 3.63) is 91.0 Å². The summed E-state index contributed by atoms with van der Waals surface area (Å²) in [7, 11) is 1.33. The van der Waals surface area contributed by atoms with Gasteiger partial charge in [-0.15, -0.1) is 0 Å². The first kappa shape index (κ1) is 31.7. The van der Waals surface area contributed by atoms with Gasteiger partial charge in [0.05, 0.1) is 47.4 Å². The molecule has 0 saturated carbocycles. The Morgan fingerprint density at radius 3 is 2.41 bits per heavy atom. The monoisotopic (exact) mass is 634 g/mol. The van der Waals surface area contributed by atoms with Crippen LogP contribution in [-0.2, 0) is 9.53 Å². The summed E-state index contributed by atoms with van der Waals surface area (Å²) >= 11 is 0. The highest BCUT2D eigenvalue weighted by Crippen LogP contribution is 2.50. The number of nitrogens with one attached hydrogen (secondary N) is 1. The van der Waals surface area contributed by atoms with Crippen LogP contribution in [0.25, 0.3) is 0 Å². The van der Waals surface area contributed by atoms with Crippen molar-refractivity contribution in [2.24, 2.45) is 26.8 Å². The van der Waals surface area contributed by atoms with Gasteiger partial charge in [-0.2, -0.15) is 13.2 Å². The maximum absolute atomic E-state index is 15.2. The summed E-state index contributed by atoms with van der Waals surface area (Å²) in [6.07, 6.45) is -1.21. The zero-order valence-corrected chi connectivity index (χ0v) is 26.9. The van der Waals surface area contributed by atoms with Crippen molar-refractivity contribution in [2.75, 3.05) is 7.11 Å². The van der Waals surface area contributed by atoms with Gasteiger partial charge < -0.3 is 20.3 Å². The smallest absolute Gasteiger partial charge is 0.420 e. The SMILES string of the molecule is CCC1=C(C)C2=NC1=C(C(F)(F)F)C1=C(C)C3=C(O)CC(=C4NC(=CC5=NC(=C2)C(C(C)O)=C5C)[C@@H](C)[C@@H]4CCC(=O)OC)C3=N1. The van der Waals surface area contributed by atoms with Crippen LogP contribution in [0.3, 0.4) is 0 Å². The van der Waals surface area contributed by atoms with Gasteiger partial charge in [0.15, 0.2) is 0 Å². The second-order valence-electron chi connectivity index (χ2n) is 12.5. The van der Waals surface area contributed by atoms with Crippen LogP contribution in [0.5, 0.6) is 0 Å². The number of carbonyl (C=O) groups excluding carboxylic acids is 1. The standard InChI is InChI=1S/C35H37F3N4O4/c1-8-19-14(2)23-13-25-28(18(6)43)16(4)24(39-25)12-22-15(3)20(9-10-27(45)46-7)32(40-22)21-11-26(44)29-17(5)31(42-33(21)29)30(34(19)41-23)35(36,37)38/h12-13,15,18,20,40,43-44H,8-11H2,1-7H3/t15-,18?,20-/m0/s1. The molecule has 0 spiro atoms. The topological polar surface area (TPSA) is 116 Å². The van der Waals surface area contributed by atoms with Gasteiger partial charge in [-0.3, -0.25) is 4.79 Å². The highest BCUT2D eigenvalue weighted by atomic mass is 19.4. The summed E-state index contributed by atoms with van der Waals surface area (Å²) in [4.78, 5) is 26.3. The highest BCUT2D eigenvalue weighted by Gasteiger charge is 2.47. The number of alkyl halides is 3. The Morgan fingerprint density at radius 1 is 1.09 bits per heavy atom. The van der Waals surface area contributed by atoms with E-state index in [-0.39, 0.29) is 53.4 Å². The summed E-state index contributed by atoms with van der Waals surface area (Å²) in [5, 5.41) is 25.5. The van der Waals surface area contributed by atoms with Crippen molar-refractivity contribution in [1.29, 1.82) is 0 Å². The lowest BCUT2D eigenvalue weighted by atomic mass is 9.86. The van der Waals surface area contributed by atoms with Crippen LogP contribution in [0.1, 0.15) is 67.2 Å². The quantitative estimate of drug-likeness (QED) is 0.284. The highest BCUT2D eigenvalue weighted by molar-refractivity contribution is 6.21. The molecule has 5 heterocycles. The van der Waals surface area contributed by atoms with Crippen molar-refractivity contribution in [3.8, 4) is 0 Å². The molecule has 6 rings (SSSR count). The van der Waals surface area contributed by atoms with E-state index in [2.05, 4.69) is 15.3 Å². The molecule has 0 radical (unpaired) electrons. The third-order valence-corrected chi connectivity index (χ3v) is 9.82. The van der Waals surface area contributed by atoms with Crippen LogP contribution in [0.4, 0.5) is 13.2 Å². The molecule has 11 heteroatoms.